The van der Waals surface area contributed by atoms with Crippen molar-refractivity contribution in [3.8, 4) is 5.82 Å². The van der Waals surface area contributed by atoms with Crippen molar-refractivity contribution < 1.29 is 0 Å². The fraction of sp³-hybridized carbons (Fsp3) is 0.500. The molecule has 0 aliphatic carbocycles. The summed E-state index contributed by atoms with van der Waals surface area (Å²) in [5.41, 5.74) is 3.63. The zero-order valence-corrected chi connectivity index (χ0v) is 13.0. The van der Waals surface area contributed by atoms with Crippen molar-refractivity contribution in [1.29, 1.82) is 0 Å². The lowest BCUT2D eigenvalue weighted by molar-refractivity contribution is 0.321. The zero-order chi connectivity index (χ0) is 14.8. The number of pyridine rings is 1. The van der Waals surface area contributed by atoms with Gasteiger partial charge >= 0.3 is 0 Å². The summed E-state index contributed by atoms with van der Waals surface area (Å²) in [7, 11) is 2.05. The molecular formula is C16H23N5. The normalized spacial score (nSPS) is 19.3. The van der Waals surface area contributed by atoms with Gasteiger partial charge in [-0.1, -0.05) is 6.07 Å². The standard InChI is InChI=1S/C16H23N5/c1-12-15(11-20-9-7-14(10-20)17-3)13(2)21(19-12)16-6-4-5-8-18-16/h4-6,8,14,17H,7,9-11H2,1-3H3. The van der Waals surface area contributed by atoms with Crippen LogP contribution in [0.2, 0.25) is 0 Å². The third kappa shape index (κ3) is 2.84. The van der Waals surface area contributed by atoms with Crippen LogP contribution in [-0.4, -0.2) is 45.8 Å². The maximum Gasteiger partial charge on any atom is 0.153 e. The van der Waals surface area contributed by atoms with Crippen molar-refractivity contribution in [2.45, 2.75) is 32.9 Å². The Morgan fingerprint density at radius 1 is 1.33 bits per heavy atom. The molecule has 0 bridgehead atoms. The van der Waals surface area contributed by atoms with Gasteiger partial charge in [0.15, 0.2) is 5.82 Å². The minimum absolute atomic E-state index is 0.622. The van der Waals surface area contributed by atoms with Gasteiger partial charge in [0.25, 0.3) is 0 Å². The van der Waals surface area contributed by atoms with Crippen LogP contribution in [0.5, 0.6) is 0 Å². The molecule has 1 aliphatic rings. The molecule has 1 unspecified atom stereocenters. The second-order valence-corrected chi connectivity index (χ2v) is 5.76. The Bertz CT molecular complexity index is 605. The highest BCUT2D eigenvalue weighted by Gasteiger charge is 2.23. The highest BCUT2D eigenvalue weighted by Crippen LogP contribution is 2.20. The lowest BCUT2D eigenvalue weighted by Gasteiger charge is -2.16. The van der Waals surface area contributed by atoms with Gasteiger partial charge in [-0.2, -0.15) is 5.10 Å². The Hall–Kier alpha value is -1.72. The van der Waals surface area contributed by atoms with E-state index < -0.39 is 0 Å². The highest BCUT2D eigenvalue weighted by atomic mass is 15.3. The summed E-state index contributed by atoms with van der Waals surface area (Å²) in [6.07, 6.45) is 3.03. The first-order chi connectivity index (χ1) is 10.2. The molecule has 3 heterocycles. The molecule has 1 atom stereocenters. The number of nitrogens with one attached hydrogen (secondary N) is 1. The van der Waals surface area contributed by atoms with Crippen molar-refractivity contribution in [3.05, 3.63) is 41.3 Å². The van der Waals surface area contributed by atoms with E-state index in [0.29, 0.717) is 6.04 Å². The molecule has 0 aromatic carbocycles. The van der Waals surface area contributed by atoms with Crippen LogP contribution >= 0.6 is 0 Å². The predicted octanol–water partition coefficient (Wildman–Crippen LogP) is 1.68. The number of rotatable bonds is 4. The monoisotopic (exact) mass is 285 g/mol. The summed E-state index contributed by atoms with van der Waals surface area (Å²) in [5, 5.41) is 8.04. The maximum atomic E-state index is 4.67. The quantitative estimate of drug-likeness (QED) is 0.928. The summed E-state index contributed by atoms with van der Waals surface area (Å²) in [6, 6.07) is 6.54. The van der Waals surface area contributed by atoms with E-state index in [-0.39, 0.29) is 0 Å². The Kier molecular flexibility index (Phi) is 4.03. The van der Waals surface area contributed by atoms with Crippen molar-refractivity contribution in [3.63, 3.8) is 0 Å². The van der Waals surface area contributed by atoms with Crippen LogP contribution in [0, 0.1) is 13.8 Å². The van der Waals surface area contributed by atoms with Crippen molar-refractivity contribution in [2.75, 3.05) is 20.1 Å². The van der Waals surface area contributed by atoms with E-state index >= 15 is 0 Å². The van der Waals surface area contributed by atoms with Crippen LogP contribution in [0.25, 0.3) is 5.82 Å². The first kappa shape index (κ1) is 14.2. The highest BCUT2D eigenvalue weighted by molar-refractivity contribution is 5.32. The molecule has 3 rings (SSSR count). The van der Waals surface area contributed by atoms with E-state index in [1.807, 2.05) is 36.1 Å². The fourth-order valence-electron chi connectivity index (χ4n) is 3.04. The van der Waals surface area contributed by atoms with Crippen molar-refractivity contribution in [2.24, 2.45) is 0 Å². The minimum atomic E-state index is 0.622. The topological polar surface area (TPSA) is 46.0 Å². The van der Waals surface area contributed by atoms with E-state index in [0.717, 1.165) is 31.1 Å². The molecule has 0 radical (unpaired) electrons. The molecule has 112 valence electrons. The third-order valence-corrected chi connectivity index (χ3v) is 4.37. The van der Waals surface area contributed by atoms with Crippen LogP contribution in [0.3, 0.4) is 0 Å². The average Bonchev–Trinajstić information content (AvgIpc) is 3.08. The number of hydrogen-bond donors (Lipinski definition) is 1. The van der Waals surface area contributed by atoms with E-state index in [1.165, 1.54) is 17.7 Å². The Morgan fingerprint density at radius 2 is 2.19 bits per heavy atom. The van der Waals surface area contributed by atoms with Crippen molar-refractivity contribution in [1.82, 2.24) is 25.0 Å². The van der Waals surface area contributed by atoms with Crippen LogP contribution in [0.1, 0.15) is 23.4 Å². The van der Waals surface area contributed by atoms with E-state index in [9.17, 15) is 0 Å². The summed E-state index contributed by atoms with van der Waals surface area (Å²) in [4.78, 5) is 6.90. The second-order valence-electron chi connectivity index (χ2n) is 5.76. The molecular weight excluding hydrogens is 262 g/mol. The number of hydrogen-bond acceptors (Lipinski definition) is 4. The molecule has 1 N–H and O–H groups in total. The molecule has 2 aromatic rings. The van der Waals surface area contributed by atoms with Gasteiger partial charge in [0.05, 0.1) is 5.69 Å². The molecule has 0 spiro atoms. The summed E-state index contributed by atoms with van der Waals surface area (Å²) >= 11 is 0. The van der Waals surface area contributed by atoms with Gasteiger partial charge in [-0.25, -0.2) is 9.67 Å². The molecule has 1 saturated heterocycles. The summed E-state index contributed by atoms with van der Waals surface area (Å²) in [5.74, 6) is 0.888. The molecule has 0 amide bonds. The first-order valence-corrected chi connectivity index (χ1v) is 7.55. The molecule has 21 heavy (non-hydrogen) atoms. The average molecular weight is 285 g/mol. The molecule has 0 saturated carbocycles. The van der Waals surface area contributed by atoms with Gasteiger partial charge in [0.2, 0.25) is 0 Å². The van der Waals surface area contributed by atoms with Gasteiger partial charge in [0, 0.05) is 43.1 Å². The van der Waals surface area contributed by atoms with E-state index in [2.05, 4.69) is 34.1 Å². The van der Waals surface area contributed by atoms with Gasteiger partial charge < -0.3 is 5.32 Å². The van der Waals surface area contributed by atoms with Crippen LogP contribution in [0.15, 0.2) is 24.4 Å². The second kappa shape index (κ2) is 5.95. The number of likely N-dealkylation sites (tertiary alicyclic amines) is 1. The first-order valence-electron chi connectivity index (χ1n) is 7.55. The van der Waals surface area contributed by atoms with Gasteiger partial charge in [-0.3, -0.25) is 4.90 Å². The van der Waals surface area contributed by atoms with Crippen LogP contribution in [0.4, 0.5) is 0 Å². The summed E-state index contributed by atoms with van der Waals surface area (Å²) < 4.78 is 1.95. The van der Waals surface area contributed by atoms with E-state index in [1.54, 1.807) is 0 Å². The number of nitrogens with zero attached hydrogens (tertiary/aromatic N) is 4. The minimum Gasteiger partial charge on any atom is -0.316 e. The Morgan fingerprint density at radius 3 is 2.86 bits per heavy atom. The van der Waals surface area contributed by atoms with Crippen LogP contribution < -0.4 is 5.32 Å². The smallest absolute Gasteiger partial charge is 0.153 e. The number of aromatic nitrogens is 3. The molecule has 5 nitrogen and oxygen atoms in total. The zero-order valence-electron chi connectivity index (χ0n) is 13.0. The molecule has 1 fully saturated rings. The predicted molar refractivity (Wildman–Crippen MR) is 83.6 cm³/mol. The van der Waals surface area contributed by atoms with Gasteiger partial charge in [-0.15, -0.1) is 0 Å². The SMILES string of the molecule is CNC1CCN(Cc2c(C)nn(-c3ccccn3)c2C)C1. The van der Waals surface area contributed by atoms with Crippen LogP contribution in [-0.2, 0) is 6.54 Å². The number of likely N-dealkylation sites (N-methyl/N-ethyl adjacent to an activating group) is 1. The fourth-order valence-corrected chi connectivity index (χ4v) is 3.04. The maximum absolute atomic E-state index is 4.67. The summed E-state index contributed by atoms with van der Waals surface area (Å²) in [6.45, 7) is 7.47. The molecule has 5 heteroatoms. The number of aryl methyl sites for hydroxylation is 1. The van der Waals surface area contributed by atoms with Crippen molar-refractivity contribution >= 4 is 0 Å². The van der Waals surface area contributed by atoms with Gasteiger partial charge in [0.1, 0.15) is 0 Å². The lowest BCUT2D eigenvalue weighted by Crippen LogP contribution is -2.29. The molecule has 1 aliphatic heterocycles. The molecule has 2 aromatic heterocycles. The third-order valence-electron chi connectivity index (χ3n) is 4.37. The lowest BCUT2D eigenvalue weighted by atomic mass is 10.2. The van der Waals surface area contributed by atoms with E-state index in [4.69, 9.17) is 0 Å². The Labute approximate surface area is 126 Å². The Balaban J connectivity index is 1.82. The van der Waals surface area contributed by atoms with Gasteiger partial charge in [-0.05, 0) is 39.4 Å². The largest absolute Gasteiger partial charge is 0.316 e.